The molecule has 22 heavy (non-hydrogen) atoms. The second-order valence-corrected chi connectivity index (χ2v) is 7.28. The van der Waals surface area contributed by atoms with Gasteiger partial charge in [0.15, 0.2) is 0 Å². The van der Waals surface area contributed by atoms with Gasteiger partial charge in [0, 0.05) is 38.3 Å². The SMILES string of the molecule is COC(=O)C12CC(N3CCN(Cc4ccccc4)CC3)(C1)C2. The Bertz CT molecular complexity index is 544. The van der Waals surface area contributed by atoms with E-state index >= 15 is 0 Å². The molecule has 0 aromatic heterocycles. The minimum atomic E-state index is -0.115. The van der Waals surface area contributed by atoms with Crippen molar-refractivity contribution in [2.24, 2.45) is 5.41 Å². The highest BCUT2D eigenvalue weighted by molar-refractivity contribution is 5.82. The minimum absolute atomic E-state index is 0.0112. The molecule has 4 nitrogen and oxygen atoms in total. The summed E-state index contributed by atoms with van der Waals surface area (Å²) in [6.45, 7) is 5.56. The molecule has 1 aromatic rings. The van der Waals surface area contributed by atoms with Crippen LogP contribution in [0, 0.1) is 5.41 Å². The van der Waals surface area contributed by atoms with Gasteiger partial charge in [-0.1, -0.05) is 30.3 Å². The fourth-order valence-corrected chi connectivity index (χ4v) is 4.72. The quantitative estimate of drug-likeness (QED) is 0.795. The summed E-state index contributed by atoms with van der Waals surface area (Å²) < 4.78 is 4.95. The van der Waals surface area contributed by atoms with Crippen LogP contribution in [0.25, 0.3) is 0 Å². The highest BCUT2D eigenvalue weighted by atomic mass is 16.5. The number of hydrogen-bond donors (Lipinski definition) is 0. The lowest BCUT2D eigenvalue weighted by Crippen LogP contribution is -2.78. The van der Waals surface area contributed by atoms with Crippen LogP contribution in [0.15, 0.2) is 30.3 Å². The molecular weight excluding hydrogens is 276 g/mol. The zero-order chi connectivity index (χ0) is 15.2. The lowest BCUT2D eigenvalue weighted by atomic mass is 9.38. The smallest absolute Gasteiger partial charge is 0.312 e. The Balaban J connectivity index is 1.28. The van der Waals surface area contributed by atoms with Crippen molar-refractivity contribution >= 4 is 5.97 Å². The Morgan fingerprint density at radius 3 is 2.32 bits per heavy atom. The van der Waals surface area contributed by atoms with Gasteiger partial charge >= 0.3 is 5.97 Å². The highest BCUT2D eigenvalue weighted by Gasteiger charge is 2.74. The van der Waals surface area contributed by atoms with Crippen LogP contribution in [0.2, 0.25) is 0 Å². The number of methoxy groups -OCH3 is 1. The molecule has 0 N–H and O–H groups in total. The molecule has 3 saturated carbocycles. The maximum absolute atomic E-state index is 11.8. The normalized spacial score (nSPS) is 34.6. The summed E-state index contributed by atoms with van der Waals surface area (Å²) in [6.07, 6.45) is 3.06. The van der Waals surface area contributed by atoms with Crippen molar-refractivity contribution in [1.29, 1.82) is 0 Å². The minimum Gasteiger partial charge on any atom is -0.469 e. The first-order valence-electron chi connectivity index (χ1n) is 8.26. The van der Waals surface area contributed by atoms with Gasteiger partial charge in [0.1, 0.15) is 0 Å². The molecule has 4 fully saturated rings. The van der Waals surface area contributed by atoms with Crippen molar-refractivity contribution in [2.75, 3.05) is 33.3 Å². The van der Waals surface area contributed by atoms with Gasteiger partial charge in [-0.3, -0.25) is 14.6 Å². The van der Waals surface area contributed by atoms with Crippen molar-refractivity contribution in [2.45, 2.75) is 31.3 Å². The Kier molecular flexibility index (Phi) is 3.27. The number of ether oxygens (including phenoxy) is 1. The molecular formula is C18H24N2O2. The van der Waals surface area contributed by atoms with E-state index in [4.69, 9.17) is 4.74 Å². The van der Waals surface area contributed by atoms with Crippen LogP contribution in [0.1, 0.15) is 24.8 Å². The average molecular weight is 300 g/mol. The third kappa shape index (κ3) is 2.09. The standard InChI is InChI=1S/C18H24N2O2/c1-22-16(21)17-12-18(13-17,14-17)20-9-7-19(8-10-20)11-15-5-3-2-4-6-15/h2-6H,7-14H2,1H3. The molecule has 1 saturated heterocycles. The lowest BCUT2D eigenvalue weighted by Gasteiger charge is -2.72. The first-order chi connectivity index (χ1) is 10.7. The average Bonchev–Trinajstić information content (AvgIpc) is 2.47. The van der Waals surface area contributed by atoms with Gasteiger partial charge in [0.05, 0.1) is 12.5 Å². The van der Waals surface area contributed by atoms with E-state index in [1.54, 1.807) is 0 Å². The molecule has 3 aliphatic carbocycles. The van der Waals surface area contributed by atoms with Crippen molar-refractivity contribution in [3.63, 3.8) is 0 Å². The summed E-state index contributed by atoms with van der Waals surface area (Å²) in [6, 6.07) is 10.7. The van der Waals surface area contributed by atoms with E-state index in [1.807, 2.05) is 0 Å². The predicted octanol–water partition coefficient (Wildman–Crippen LogP) is 1.90. The number of esters is 1. The van der Waals surface area contributed by atoms with E-state index in [9.17, 15) is 4.79 Å². The maximum Gasteiger partial charge on any atom is 0.312 e. The second-order valence-electron chi connectivity index (χ2n) is 7.28. The van der Waals surface area contributed by atoms with Crippen molar-refractivity contribution in [1.82, 2.24) is 9.80 Å². The maximum atomic E-state index is 11.8. The number of carbonyl (C=O) groups excluding carboxylic acids is 1. The fourth-order valence-electron chi connectivity index (χ4n) is 4.72. The topological polar surface area (TPSA) is 32.8 Å². The van der Waals surface area contributed by atoms with Crippen LogP contribution in [0.5, 0.6) is 0 Å². The van der Waals surface area contributed by atoms with Gasteiger partial charge in [0.2, 0.25) is 0 Å². The largest absolute Gasteiger partial charge is 0.469 e. The van der Waals surface area contributed by atoms with Crippen LogP contribution in [-0.2, 0) is 16.1 Å². The van der Waals surface area contributed by atoms with Crippen LogP contribution < -0.4 is 0 Å². The second kappa shape index (κ2) is 5.07. The molecule has 1 aliphatic heterocycles. The van der Waals surface area contributed by atoms with Gasteiger partial charge in [-0.05, 0) is 24.8 Å². The van der Waals surface area contributed by atoms with E-state index in [1.165, 1.54) is 12.7 Å². The van der Waals surface area contributed by atoms with E-state index in [0.29, 0.717) is 5.54 Å². The zero-order valence-electron chi connectivity index (χ0n) is 13.3. The lowest BCUT2D eigenvalue weighted by molar-refractivity contribution is -0.237. The Morgan fingerprint density at radius 2 is 1.73 bits per heavy atom. The van der Waals surface area contributed by atoms with E-state index in [2.05, 4.69) is 40.1 Å². The van der Waals surface area contributed by atoms with Crippen molar-refractivity contribution in [3.05, 3.63) is 35.9 Å². The molecule has 1 heterocycles. The molecule has 2 bridgehead atoms. The number of nitrogens with zero attached hydrogens (tertiary/aromatic N) is 2. The summed E-state index contributed by atoms with van der Waals surface area (Å²) in [5.74, 6) is 0.0112. The molecule has 0 radical (unpaired) electrons. The number of rotatable bonds is 4. The van der Waals surface area contributed by atoms with Crippen LogP contribution in [0.4, 0.5) is 0 Å². The molecule has 0 amide bonds. The summed E-state index contributed by atoms with van der Waals surface area (Å²) in [4.78, 5) is 16.9. The molecule has 5 rings (SSSR count). The number of piperazine rings is 1. The Hall–Kier alpha value is -1.39. The van der Waals surface area contributed by atoms with Gasteiger partial charge < -0.3 is 4.74 Å². The Labute approximate surface area is 132 Å². The zero-order valence-corrected chi connectivity index (χ0v) is 13.3. The molecule has 118 valence electrons. The number of carbonyl (C=O) groups is 1. The molecule has 4 heteroatoms. The molecule has 0 unspecified atom stereocenters. The van der Waals surface area contributed by atoms with Crippen LogP contribution in [-0.4, -0.2) is 54.6 Å². The number of hydrogen-bond acceptors (Lipinski definition) is 4. The van der Waals surface area contributed by atoms with E-state index in [0.717, 1.165) is 52.0 Å². The Morgan fingerprint density at radius 1 is 1.09 bits per heavy atom. The number of benzene rings is 1. The van der Waals surface area contributed by atoms with Gasteiger partial charge in [-0.25, -0.2) is 0 Å². The van der Waals surface area contributed by atoms with E-state index in [-0.39, 0.29) is 11.4 Å². The predicted molar refractivity (Wildman–Crippen MR) is 84.3 cm³/mol. The fraction of sp³-hybridized carbons (Fsp3) is 0.611. The summed E-state index contributed by atoms with van der Waals surface area (Å²) in [7, 11) is 1.51. The molecule has 4 aliphatic rings. The van der Waals surface area contributed by atoms with Gasteiger partial charge in [-0.15, -0.1) is 0 Å². The summed E-state index contributed by atoms with van der Waals surface area (Å²) >= 11 is 0. The van der Waals surface area contributed by atoms with Crippen LogP contribution in [0.3, 0.4) is 0 Å². The van der Waals surface area contributed by atoms with Crippen molar-refractivity contribution in [3.8, 4) is 0 Å². The monoisotopic (exact) mass is 300 g/mol. The van der Waals surface area contributed by atoms with E-state index < -0.39 is 0 Å². The third-order valence-corrected chi connectivity index (χ3v) is 5.91. The molecule has 0 spiro atoms. The molecule has 0 atom stereocenters. The third-order valence-electron chi connectivity index (χ3n) is 5.91. The summed E-state index contributed by atoms with van der Waals surface area (Å²) in [5, 5.41) is 0. The highest BCUT2D eigenvalue weighted by Crippen LogP contribution is 2.70. The first kappa shape index (κ1) is 14.2. The first-order valence-corrected chi connectivity index (χ1v) is 8.26. The van der Waals surface area contributed by atoms with Crippen molar-refractivity contribution < 1.29 is 9.53 Å². The van der Waals surface area contributed by atoms with Gasteiger partial charge in [0.25, 0.3) is 0 Å². The van der Waals surface area contributed by atoms with Gasteiger partial charge in [-0.2, -0.15) is 0 Å². The van der Waals surface area contributed by atoms with Crippen LogP contribution >= 0.6 is 0 Å². The molecule has 1 aromatic carbocycles. The summed E-state index contributed by atoms with van der Waals surface area (Å²) in [5.41, 5.74) is 1.61.